The molecule has 0 aromatic heterocycles. The Morgan fingerprint density at radius 1 is 1.21 bits per heavy atom. The van der Waals surface area contributed by atoms with Crippen LogP contribution in [0.3, 0.4) is 0 Å². The highest BCUT2D eigenvalue weighted by Crippen LogP contribution is 2.32. The number of rotatable bonds is 5. The molecule has 4 heteroatoms. The molecule has 3 nitrogen and oxygen atoms in total. The van der Waals surface area contributed by atoms with Crippen molar-refractivity contribution >= 4 is 29.9 Å². The van der Waals surface area contributed by atoms with E-state index >= 15 is 0 Å². The lowest BCUT2D eigenvalue weighted by atomic mass is 9.87. The predicted octanol–water partition coefficient (Wildman–Crippen LogP) is 3.54. The van der Waals surface area contributed by atoms with Crippen molar-refractivity contribution in [2.45, 2.75) is 64.8 Å². The minimum atomic E-state index is 0. The van der Waals surface area contributed by atoms with Gasteiger partial charge in [-0.1, -0.05) is 32.6 Å². The summed E-state index contributed by atoms with van der Waals surface area (Å²) in [6.45, 7) is 6.45. The van der Waals surface area contributed by atoms with Crippen LogP contribution in [0.15, 0.2) is 4.99 Å². The summed E-state index contributed by atoms with van der Waals surface area (Å²) in [5.41, 5.74) is 0. The lowest BCUT2D eigenvalue weighted by Crippen LogP contribution is -2.45. The van der Waals surface area contributed by atoms with E-state index in [9.17, 15) is 0 Å². The van der Waals surface area contributed by atoms with Gasteiger partial charge in [-0.15, -0.1) is 24.0 Å². The van der Waals surface area contributed by atoms with Crippen LogP contribution in [0, 0.1) is 11.8 Å². The van der Waals surface area contributed by atoms with Crippen molar-refractivity contribution in [1.82, 2.24) is 10.6 Å². The SMILES string of the molecule is CCNC(=NCCC1CC1)NC1CCCC(C)C1.I. The first-order valence-corrected chi connectivity index (χ1v) is 7.82. The van der Waals surface area contributed by atoms with E-state index in [-0.39, 0.29) is 24.0 Å². The third kappa shape index (κ3) is 6.82. The highest BCUT2D eigenvalue weighted by molar-refractivity contribution is 14.0. The van der Waals surface area contributed by atoms with Crippen LogP contribution in [0.1, 0.15) is 58.8 Å². The van der Waals surface area contributed by atoms with Crippen LogP contribution in [0.25, 0.3) is 0 Å². The van der Waals surface area contributed by atoms with Crippen molar-refractivity contribution in [2.75, 3.05) is 13.1 Å². The minimum absolute atomic E-state index is 0. The van der Waals surface area contributed by atoms with E-state index in [4.69, 9.17) is 4.99 Å². The molecule has 2 aliphatic carbocycles. The molecule has 0 saturated heterocycles. The van der Waals surface area contributed by atoms with Gasteiger partial charge < -0.3 is 10.6 Å². The van der Waals surface area contributed by atoms with Gasteiger partial charge in [-0.05, 0) is 38.0 Å². The number of hydrogen-bond donors (Lipinski definition) is 2. The summed E-state index contributed by atoms with van der Waals surface area (Å²) in [5.74, 6) is 2.88. The van der Waals surface area contributed by atoms with Crippen molar-refractivity contribution in [1.29, 1.82) is 0 Å². The molecule has 0 amide bonds. The molecule has 0 aromatic carbocycles. The fourth-order valence-electron chi connectivity index (χ4n) is 2.84. The molecule has 0 heterocycles. The second-order valence-electron chi connectivity index (χ2n) is 6.11. The molecule has 19 heavy (non-hydrogen) atoms. The fraction of sp³-hybridized carbons (Fsp3) is 0.933. The molecule has 0 bridgehead atoms. The van der Waals surface area contributed by atoms with E-state index in [0.717, 1.165) is 30.9 Å². The van der Waals surface area contributed by atoms with Crippen LogP contribution >= 0.6 is 24.0 Å². The molecule has 2 aliphatic rings. The standard InChI is InChI=1S/C15H29N3.HI/c1-3-16-15(17-10-9-13-7-8-13)18-14-6-4-5-12(2)11-14;/h12-14H,3-11H2,1-2H3,(H2,16,17,18);1H. The second kappa shape index (κ2) is 9.03. The van der Waals surface area contributed by atoms with Crippen molar-refractivity contribution in [3.8, 4) is 0 Å². The molecule has 2 unspecified atom stereocenters. The Bertz CT molecular complexity index is 277. The minimum Gasteiger partial charge on any atom is -0.357 e. The zero-order valence-electron chi connectivity index (χ0n) is 12.5. The molecule has 2 fully saturated rings. The number of halogens is 1. The Balaban J connectivity index is 0.00000180. The van der Waals surface area contributed by atoms with Crippen molar-refractivity contribution in [3.63, 3.8) is 0 Å². The van der Waals surface area contributed by atoms with E-state index < -0.39 is 0 Å². The molecule has 2 rings (SSSR count). The number of nitrogens with one attached hydrogen (secondary N) is 2. The summed E-state index contributed by atoms with van der Waals surface area (Å²) in [4.78, 5) is 4.71. The number of aliphatic imine (C=N–C) groups is 1. The zero-order chi connectivity index (χ0) is 12.8. The van der Waals surface area contributed by atoms with Crippen LogP contribution in [-0.2, 0) is 0 Å². The Morgan fingerprint density at radius 2 is 2.00 bits per heavy atom. The lowest BCUT2D eigenvalue weighted by molar-refractivity contribution is 0.324. The van der Waals surface area contributed by atoms with Crippen molar-refractivity contribution < 1.29 is 0 Å². The Kier molecular flexibility index (Phi) is 8.11. The lowest BCUT2D eigenvalue weighted by Gasteiger charge is -2.28. The summed E-state index contributed by atoms with van der Waals surface area (Å²) in [5, 5.41) is 7.00. The van der Waals surface area contributed by atoms with Crippen molar-refractivity contribution in [2.24, 2.45) is 16.8 Å². The zero-order valence-corrected chi connectivity index (χ0v) is 14.8. The van der Waals surface area contributed by atoms with Crippen LogP contribution in [0.4, 0.5) is 0 Å². The molecule has 0 aromatic rings. The van der Waals surface area contributed by atoms with Gasteiger partial charge in [0.05, 0.1) is 0 Å². The normalized spacial score (nSPS) is 27.6. The van der Waals surface area contributed by atoms with Gasteiger partial charge in [0.15, 0.2) is 5.96 Å². The first-order valence-electron chi connectivity index (χ1n) is 7.82. The van der Waals surface area contributed by atoms with E-state index in [1.54, 1.807) is 0 Å². The van der Waals surface area contributed by atoms with Gasteiger partial charge >= 0.3 is 0 Å². The highest BCUT2D eigenvalue weighted by atomic mass is 127. The van der Waals surface area contributed by atoms with Crippen LogP contribution < -0.4 is 10.6 Å². The van der Waals surface area contributed by atoms with Gasteiger partial charge in [-0.2, -0.15) is 0 Å². The number of guanidine groups is 1. The fourth-order valence-corrected chi connectivity index (χ4v) is 2.84. The van der Waals surface area contributed by atoms with Gasteiger partial charge in [-0.25, -0.2) is 0 Å². The van der Waals surface area contributed by atoms with Crippen molar-refractivity contribution in [3.05, 3.63) is 0 Å². The average Bonchev–Trinajstić information content (AvgIpc) is 3.13. The molecule has 0 radical (unpaired) electrons. The van der Waals surface area contributed by atoms with Gasteiger partial charge in [0.2, 0.25) is 0 Å². The van der Waals surface area contributed by atoms with E-state index in [2.05, 4.69) is 24.5 Å². The molecular formula is C15H30IN3. The summed E-state index contributed by atoms with van der Waals surface area (Å²) in [7, 11) is 0. The predicted molar refractivity (Wildman–Crippen MR) is 93.3 cm³/mol. The maximum atomic E-state index is 4.71. The summed E-state index contributed by atoms with van der Waals surface area (Å²) in [6.07, 6.45) is 9.50. The smallest absolute Gasteiger partial charge is 0.191 e. The molecule has 0 aliphatic heterocycles. The highest BCUT2D eigenvalue weighted by Gasteiger charge is 2.21. The van der Waals surface area contributed by atoms with Gasteiger partial charge in [0.1, 0.15) is 0 Å². The Labute approximate surface area is 135 Å². The van der Waals surface area contributed by atoms with Gasteiger partial charge in [0.25, 0.3) is 0 Å². The molecule has 112 valence electrons. The third-order valence-electron chi connectivity index (χ3n) is 4.13. The second-order valence-corrected chi connectivity index (χ2v) is 6.11. The Hall–Kier alpha value is 0. The van der Waals surface area contributed by atoms with E-state index in [0.29, 0.717) is 6.04 Å². The average molecular weight is 379 g/mol. The van der Waals surface area contributed by atoms with Gasteiger partial charge in [0, 0.05) is 19.1 Å². The molecule has 2 atom stereocenters. The monoisotopic (exact) mass is 379 g/mol. The molecule has 2 N–H and O–H groups in total. The number of hydrogen-bond acceptors (Lipinski definition) is 1. The van der Waals surface area contributed by atoms with E-state index in [1.807, 2.05) is 0 Å². The summed E-state index contributed by atoms with van der Waals surface area (Å²) in [6, 6.07) is 0.632. The van der Waals surface area contributed by atoms with Crippen LogP contribution in [0.2, 0.25) is 0 Å². The van der Waals surface area contributed by atoms with E-state index in [1.165, 1.54) is 44.9 Å². The largest absolute Gasteiger partial charge is 0.357 e. The molecular weight excluding hydrogens is 349 g/mol. The molecule has 0 spiro atoms. The maximum Gasteiger partial charge on any atom is 0.191 e. The Morgan fingerprint density at radius 3 is 2.63 bits per heavy atom. The first-order chi connectivity index (χ1) is 8.78. The van der Waals surface area contributed by atoms with Crippen LogP contribution in [0.5, 0.6) is 0 Å². The third-order valence-corrected chi connectivity index (χ3v) is 4.13. The summed E-state index contributed by atoms with van der Waals surface area (Å²) < 4.78 is 0. The van der Waals surface area contributed by atoms with Gasteiger partial charge in [-0.3, -0.25) is 4.99 Å². The van der Waals surface area contributed by atoms with Crippen LogP contribution in [-0.4, -0.2) is 25.1 Å². The summed E-state index contributed by atoms with van der Waals surface area (Å²) >= 11 is 0. The maximum absolute atomic E-state index is 4.71. The molecule has 2 saturated carbocycles. The quantitative estimate of drug-likeness (QED) is 0.436. The topological polar surface area (TPSA) is 36.4 Å². The number of nitrogens with zero attached hydrogens (tertiary/aromatic N) is 1. The first kappa shape index (κ1) is 17.1.